The van der Waals surface area contributed by atoms with Crippen LogP contribution in [0.5, 0.6) is 0 Å². The minimum Gasteiger partial charge on any atom is -0.480 e. The Morgan fingerprint density at radius 3 is 2.42 bits per heavy atom. The number of hydrogen-bond acceptors (Lipinski definition) is 2. The van der Waals surface area contributed by atoms with Gasteiger partial charge in [-0.05, 0) is 43.0 Å². The van der Waals surface area contributed by atoms with Gasteiger partial charge in [0.1, 0.15) is 6.04 Å². The summed E-state index contributed by atoms with van der Waals surface area (Å²) in [6, 6.07) is 4.49. The molecule has 3 nitrogen and oxygen atoms in total. The number of halogens is 3. The van der Waals surface area contributed by atoms with Crippen LogP contribution in [0, 0.1) is 5.92 Å². The van der Waals surface area contributed by atoms with Gasteiger partial charge in [-0.2, -0.15) is 13.2 Å². The third-order valence-corrected chi connectivity index (χ3v) is 3.33. The van der Waals surface area contributed by atoms with Crippen molar-refractivity contribution in [3.8, 4) is 0 Å². The fourth-order valence-electron chi connectivity index (χ4n) is 2.32. The highest BCUT2D eigenvalue weighted by Gasteiger charge is 2.31. The highest BCUT2D eigenvalue weighted by atomic mass is 19.4. The molecule has 0 amide bonds. The Morgan fingerprint density at radius 2 is 1.95 bits per heavy atom. The topological polar surface area (TPSA) is 49.3 Å². The molecule has 0 spiro atoms. The van der Waals surface area contributed by atoms with E-state index in [-0.39, 0.29) is 5.92 Å². The van der Waals surface area contributed by atoms with Crippen LogP contribution in [0.1, 0.15) is 17.5 Å². The fraction of sp³-hybridized carbons (Fsp3) is 0.462. The molecule has 1 heterocycles. The molecule has 2 atom stereocenters. The number of aliphatic carboxylic acids is 1. The molecular formula is C13H14F3NO2. The molecule has 1 saturated heterocycles. The molecule has 1 aromatic carbocycles. The number of carbonyl (C=O) groups is 1. The third kappa shape index (κ3) is 3.47. The van der Waals surface area contributed by atoms with Crippen LogP contribution >= 0.6 is 0 Å². The molecule has 0 aromatic heterocycles. The van der Waals surface area contributed by atoms with Gasteiger partial charge in [0, 0.05) is 0 Å². The predicted molar refractivity (Wildman–Crippen MR) is 62.7 cm³/mol. The van der Waals surface area contributed by atoms with Crippen LogP contribution in [-0.4, -0.2) is 23.7 Å². The molecule has 2 rings (SSSR count). The van der Waals surface area contributed by atoms with E-state index in [2.05, 4.69) is 5.32 Å². The standard InChI is InChI=1S/C13H14F3NO2/c14-13(15,16)10-3-1-8(2-4-10)5-9-6-11(12(18)19)17-7-9/h1-4,9,11,17H,5-7H2,(H,18,19)/t9-,11-/m0/s1. The molecule has 6 heteroatoms. The maximum Gasteiger partial charge on any atom is 0.416 e. The number of carboxylic acids is 1. The van der Waals surface area contributed by atoms with E-state index in [0.717, 1.165) is 17.7 Å². The summed E-state index contributed by atoms with van der Waals surface area (Å²) in [4.78, 5) is 10.8. The summed E-state index contributed by atoms with van der Waals surface area (Å²) in [5.74, 6) is -0.729. The van der Waals surface area contributed by atoms with Crippen molar-refractivity contribution >= 4 is 5.97 Å². The first-order chi connectivity index (χ1) is 8.86. The van der Waals surface area contributed by atoms with E-state index in [1.54, 1.807) is 0 Å². The summed E-state index contributed by atoms with van der Waals surface area (Å²) in [7, 11) is 0. The monoisotopic (exact) mass is 273 g/mol. The van der Waals surface area contributed by atoms with E-state index in [9.17, 15) is 18.0 Å². The van der Waals surface area contributed by atoms with Crippen molar-refractivity contribution in [2.75, 3.05) is 6.54 Å². The highest BCUT2D eigenvalue weighted by molar-refractivity contribution is 5.73. The largest absolute Gasteiger partial charge is 0.480 e. The van der Waals surface area contributed by atoms with Crippen LogP contribution in [0.4, 0.5) is 13.2 Å². The van der Waals surface area contributed by atoms with Crippen LogP contribution in [0.25, 0.3) is 0 Å². The van der Waals surface area contributed by atoms with Gasteiger partial charge in [0.25, 0.3) is 0 Å². The molecule has 0 radical (unpaired) electrons. The Hall–Kier alpha value is -1.56. The summed E-state index contributed by atoms with van der Waals surface area (Å²) in [6.45, 7) is 0.581. The highest BCUT2D eigenvalue weighted by Crippen LogP contribution is 2.29. The van der Waals surface area contributed by atoms with E-state index >= 15 is 0 Å². The number of nitrogens with one attached hydrogen (secondary N) is 1. The molecule has 2 N–H and O–H groups in total. The van der Waals surface area contributed by atoms with E-state index in [1.165, 1.54) is 12.1 Å². The molecule has 0 unspecified atom stereocenters. The fourth-order valence-corrected chi connectivity index (χ4v) is 2.32. The van der Waals surface area contributed by atoms with Crippen molar-refractivity contribution in [2.24, 2.45) is 5.92 Å². The van der Waals surface area contributed by atoms with Crippen LogP contribution in [-0.2, 0) is 17.4 Å². The third-order valence-electron chi connectivity index (χ3n) is 3.33. The maximum absolute atomic E-state index is 12.4. The Balaban J connectivity index is 1.96. The van der Waals surface area contributed by atoms with Gasteiger partial charge in [0.2, 0.25) is 0 Å². The average molecular weight is 273 g/mol. The summed E-state index contributed by atoms with van der Waals surface area (Å²) >= 11 is 0. The van der Waals surface area contributed by atoms with Crippen LogP contribution in [0.2, 0.25) is 0 Å². The first kappa shape index (κ1) is 13.9. The molecule has 1 aliphatic heterocycles. The predicted octanol–water partition coefficient (Wildman–Crippen LogP) is 2.31. The van der Waals surface area contributed by atoms with Gasteiger partial charge in [-0.25, -0.2) is 0 Å². The van der Waals surface area contributed by atoms with Gasteiger partial charge in [-0.3, -0.25) is 4.79 Å². The van der Waals surface area contributed by atoms with E-state index in [1.807, 2.05) is 0 Å². The van der Waals surface area contributed by atoms with E-state index in [4.69, 9.17) is 5.11 Å². The van der Waals surface area contributed by atoms with Gasteiger partial charge in [0.05, 0.1) is 5.56 Å². The molecule has 1 aliphatic rings. The maximum atomic E-state index is 12.4. The lowest BCUT2D eigenvalue weighted by Crippen LogP contribution is -2.29. The second-order valence-electron chi connectivity index (χ2n) is 4.80. The van der Waals surface area contributed by atoms with Crippen molar-refractivity contribution in [1.29, 1.82) is 0 Å². The molecule has 1 fully saturated rings. The Bertz CT molecular complexity index is 456. The minimum absolute atomic E-state index is 0.151. The normalized spacial score (nSPS) is 23.5. The van der Waals surface area contributed by atoms with Crippen LogP contribution in [0.3, 0.4) is 0 Å². The van der Waals surface area contributed by atoms with Crippen LogP contribution < -0.4 is 5.32 Å². The average Bonchev–Trinajstić information content (AvgIpc) is 2.77. The van der Waals surface area contributed by atoms with Gasteiger partial charge in [-0.15, -0.1) is 0 Å². The molecule has 0 saturated carbocycles. The summed E-state index contributed by atoms with van der Waals surface area (Å²) in [5, 5.41) is 11.7. The van der Waals surface area contributed by atoms with Gasteiger partial charge < -0.3 is 10.4 Å². The van der Waals surface area contributed by atoms with Crippen LogP contribution in [0.15, 0.2) is 24.3 Å². The minimum atomic E-state index is -4.32. The Morgan fingerprint density at radius 1 is 1.32 bits per heavy atom. The first-order valence-corrected chi connectivity index (χ1v) is 5.98. The Labute approximate surface area is 108 Å². The number of rotatable bonds is 3. The van der Waals surface area contributed by atoms with Gasteiger partial charge >= 0.3 is 12.1 Å². The number of benzene rings is 1. The zero-order valence-electron chi connectivity index (χ0n) is 10.1. The SMILES string of the molecule is O=C(O)[C@@H]1C[C@H](Cc2ccc(C(F)(F)F)cc2)CN1. The lowest BCUT2D eigenvalue weighted by Gasteiger charge is -2.10. The lowest BCUT2D eigenvalue weighted by molar-refractivity contribution is -0.139. The van der Waals surface area contributed by atoms with Gasteiger partial charge in [-0.1, -0.05) is 12.1 Å². The lowest BCUT2D eigenvalue weighted by atomic mass is 9.96. The summed E-state index contributed by atoms with van der Waals surface area (Å²) in [6.07, 6.45) is -3.22. The second-order valence-corrected chi connectivity index (χ2v) is 4.80. The number of alkyl halides is 3. The Kier molecular flexibility index (Phi) is 3.80. The first-order valence-electron chi connectivity index (χ1n) is 5.98. The van der Waals surface area contributed by atoms with Crippen molar-refractivity contribution in [3.63, 3.8) is 0 Å². The summed E-state index contributed by atoms with van der Waals surface area (Å²) in [5.41, 5.74) is 0.134. The molecule has 0 bridgehead atoms. The van der Waals surface area contributed by atoms with Gasteiger partial charge in [0.15, 0.2) is 0 Å². The molecular weight excluding hydrogens is 259 g/mol. The smallest absolute Gasteiger partial charge is 0.416 e. The van der Waals surface area contributed by atoms with Crippen molar-refractivity contribution in [3.05, 3.63) is 35.4 Å². The molecule has 19 heavy (non-hydrogen) atoms. The molecule has 0 aliphatic carbocycles. The summed E-state index contributed by atoms with van der Waals surface area (Å²) < 4.78 is 37.2. The zero-order valence-corrected chi connectivity index (χ0v) is 10.1. The zero-order chi connectivity index (χ0) is 14.0. The molecule has 1 aromatic rings. The number of hydrogen-bond donors (Lipinski definition) is 2. The van der Waals surface area contributed by atoms with E-state index < -0.39 is 23.8 Å². The number of carboxylic acid groups (broad SMARTS) is 1. The quantitative estimate of drug-likeness (QED) is 0.888. The van der Waals surface area contributed by atoms with E-state index in [0.29, 0.717) is 19.4 Å². The van der Waals surface area contributed by atoms with Crippen molar-refractivity contribution < 1.29 is 23.1 Å². The van der Waals surface area contributed by atoms with Crippen molar-refractivity contribution in [1.82, 2.24) is 5.32 Å². The molecule has 104 valence electrons. The second kappa shape index (κ2) is 5.21. The van der Waals surface area contributed by atoms with Crippen molar-refractivity contribution in [2.45, 2.75) is 25.1 Å².